The fourth-order valence-corrected chi connectivity index (χ4v) is 5.68. The fourth-order valence-electron chi connectivity index (χ4n) is 4.65. The molecule has 1 atom stereocenters. The van der Waals surface area contributed by atoms with E-state index in [-0.39, 0.29) is 30.2 Å². The molecule has 12 heteroatoms. The molecule has 0 saturated carbocycles. The first-order valence-corrected chi connectivity index (χ1v) is 13.1. The highest BCUT2D eigenvalue weighted by Crippen LogP contribution is 2.38. The van der Waals surface area contributed by atoms with Gasteiger partial charge < -0.3 is 18.6 Å². The van der Waals surface area contributed by atoms with Crippen molar-refractivity contribution in [3.05, 3.63) is 107 Å². The van der Waals surface area contributed by atoms with Crippen LogP contribution in [0.1, 0.15) is 31.2 Å². The van der Waals surface area contributed by atoms with Crippen LogP contribution < -0.4 is 24.4 Å². The number of thiazole rings is 1. The molecule has 0 aliphatic carbocycles. The van der Waals surface area contributed by atoms with Gasteiger partial charge in [0.1, 0.15) is 11.5 Å². The monoisotopic (exact) mass is 559 g/mol. The molecule has 2 aromatic carbocycles. The molecule has 2 aliphatic heterocycles. The molecular weight excluding hydrogens is 538 g/mol. The largest absolute Gasteiger partial charge is 0.463 e. The van der Waals surface area contributed by atoms with Crippen LogP contribution in [0.5, 0.6) is 11.5 Å². The Balaban J connectivity index is 1.44. The van der Waals surface area contributed by atoms with Gasteiger partial charge in [-0.3, -0.25) is 19.5 Å². The molecule has 0 spiro atoms. The average Bonchev–Trinajstić information content (AvgIpc) is 3.67. The van der Waals surface area contributed by atoms with E-state index in [0.717, 1.165) is 0 Å². The summed E-state index contributed by atoms with van der Waals surface area (Å²) < 4.78 is 24.1. The molecule has 202 valence electrons. The van der Waals surface area contributed by atoms with Gasteiger partial charge in [0.05, 0.1) is 33.4 Å². The molecule has 1 unspecified atom stereocenters. The smallest absolute Gasteiger partial charge is 0.338 e. The Bertz CT molecular complexity index is 1880. The molecule has 0 amide bonds. The van der Waals surface area contributed by atoms with Gasteiger partial charge in [0, 0.05) is 23.8 Å². The number of non-ortho nitro benzene ring substituents is 1. The Labute approximate surface area is 230 Å². The predicted octanol–water partition coefficient (Wildman–Crippen LogP) is 3.70. The summed E-state index contributed by atoms with van der Waals surface area (Å²) in [5, 5.41) is 10.9. The molecule has 0 bridgehead atoms. The minimum atomic E-state index is -0.792. The molecule has 4 heterocycles. The van der Waals surface area contributed by atoms with E-state index in [2.05, 4.69) is 4.99 Å². The number of esters is 1. The van der Waals surface area contributed by atoms with Crippen molar-refractivity contribution in [3.8, 4) is 22.8 Å². The zero-order valence-electron chi connectivity index (χ0n) is 21.3. The van der Waals surface area contributed by atoms with Gasteiger partial charge in [-0.15, -0.1) is 0 Å². The maximum absolute atomic E-state index is 13.8. The summed E-state index contributed by atoms with van der Waals surface area (Å²) in [6.07, 6.45) is 1.61. The number of carbonyl (C=O) groups excluding carboxylic acids is 1. The minimum Gasteiger partial charge on any atom is -0.463 e. The third kappa shape index (κ3) is 4.37. The Morgan fingerprint density at radius 1 is 1.18 bits per heavy atom. The van der Waals surface area contributed by atoms with Crippen molar-refractivity contribution < 1.29 is 28.3 Å². The van der Waals surface area contributed by atoms with E-state index in [4.69, 9.17) is 18.6 Å². The number of hydrogen-bond acceptors (Lipinski definition) is 10. The molecule has 0 fully saturated rings. The fraction of sp³-hybridized carbons (Fsp3) is 0.179. The standard InChI is InChI=1S/C28H21N3O8S/c1-3-36-27(33)24-15(2)29-28-30(25(24)17-6-10-21-22(12-17)38-14-37-21)26(32)23(40-28)13-19-9-11-20(39-19)16-4-7-18(8-5-16)31(34)35/h4-13,25H,3,14H2,1-2H3/b23-13-. The first-order valence-electron chi connectivity index (χ1n) is 12.3. The van der Waals surface area contributed by atoms with E-state index in [0.29, 0.717) is 49.2 Å². The van der Waals surface area contributed by atoms with Crippen LogP contribution in [-0.2, 0) is 9.53 Å². The van der Waals surface area contributed by atoms with E-state index < -0.39 is 16.9 Å². The Morgan fingerprint density at radius 2 is 1.95 bits per heavy atom. The molecule has 0 radical (unpaired) electrons. The molecule has 0 saturated heterocycles. The lowest BCUT2D eigenvalue weighted by Gasteiger charge is -2.24. The van der Waals surface area contributed by atoms with Crippen molar-refractivity contribution in [3.63, 3.8) is 0 Å². The molecule has 4 aromatic rings. The number of benzene rings is 2. The van der Waals surface area contributed by atoms with Gasteiger partial charge in [-0.1, -0.05) is 17.4 Å². The lowest BCUT2D eigenvalue weighted by atomic mass is 9.95. The van der Waals surface area contributed by atoms with E-state index in [1.54, 1.807) is 62.4 Å². The van der Waals surface area contributed by atoms with Crippen LogP contribution in [0.25, 0.3) is 17.4 Å². The van der Waals surface area contributed by atoms with Crippen molar-refractivity contribution >= 4 is 29.1 Å². The first kappa shape index (κ1) is 25.3. The lowest BCUT2D eigenvalue weighted by molar-refractivity contribution is -0.384. The third-order valence-electron chi connectivity index (χ3n) is 6.49. The number of rotatable bonds is 6. The number of carbonyl (C=O) groups is 1. The molecule has 40 heavy (non-hydrogen) atoms. The van der Waals surface area contributed by atoms with Crippen LogP contribution in [-0.4, -0.2) is 28.9 Å². The highest BCUT2D eigenvalue weighted by atomic mass is 32.1. The molecular formula is C28H21N3O8S. The van der Waals surface area contributed by atoms with Crippen molar-refractivity contribution in [2.24, 2.45) is 4.99 Å². The molecule has 6 rings (SSSR count). The summed E-state index contributed by atoms with van der Waals surface area (Å²) in [5.41, 5.74) is 1.64. The van der Waals surface area contributed by atoms with E-state index in [1.807, 2.05) is 0 Å². The first-order chi connectivity index (χ1) is 19.3. The number of nitro benzene ring substituents is 1. The van der Waals surface area contributed by atoms with Crippen LogP contribution in [0, 0.1) is 10.1 Å². The summed E-state index contributed by atoms with van der Waals surface area (Å²) >= 11 is 1.17. The lowest BCUT2D eigenvalue weighted by Crippen LogP contribution is -2.39. The molecule has 11 nitrogen and oxygen atoms in total. The second-order valence-corrected chi connectivity index (χ2v) is 9.93. The van der Waals surface area contributed by atoms with E-state index >= 15 is 0 Å². The molecule has 2 aliphatic rings. The quantitative estimate of drug-likeness (QED) is 0.198. The topological polar surface area (TPSA) is 135 Å². The number of allylic oxidation sites excluding steroid dienone is 1. The van der Waals surface area contributed by atoms with Gasteiger partial charge in [0.2, 0.25) is 6.79 Å². The summed E-state index contributed by atoms with van der Waals surface area (Å²) in [4.78, 5) is 42.3. The second-order valence-electron chi connectivity index (χ2n) is 8.92. The van der Waals surface area contributed by atoms with Gasteiger partial charge >= 0.3 is 5.97 Å². The van der Waals surface area contributed by atoms with Crippen molar-refractivity contribution in [1.82, 2.24) is 4.57 Å². The van der Waals surface area contributed by atoms with Crippen molar-refractivity contribution in [2.45, 2.75) is 19.9 Å². The summed E-state index contributed by atoms with van der Waals surface area (Å²) in [7, 11) is 0. The number of fused-ring (bicyclic) bond motifs is 2. The number of nitrogens with zero attached hydrogens (tertiary/aromatic N) is 3. The molecule has 0 N–H and O–H groups in total. The van der Waals surface area contributed by atoms with Crippen molar-refractivity contribution in [2.75, 3.05) is 13.4 Å². The maximum Gasteiger partial charge on any atom is 0.338 e. The van der Waals surface area contributed by atoms with Gasteiger partial charge in [0.25, 0.3) is 11.2 Å². The highest BCUT2D eigenvalue weighted by Gasteiger charge is 2.34. The number of hydrogen-bond donors (Lipinski definition) is 0. The number of ether oxygens (including phenoxy) is 3. The Hall–Kier alpha value is -4.97. The summed E-state index contributed by atoms with van der Waals surface area (Å²) in [5.74, 6) is 1.45. The van der Waals surface area contributed by atoms with Gasteiger partial charge in [-0.25, -0.2) is 9.79 Å². The van der Waals surface area contributed by atoms with Crippen LogP contribution in [0.15, 0.2) is 80.1 Å². The second kappa shape index (κ2) is 9.97. The van der Waals surface area contributed by atoms with Crippen LogP contribution in [0.2, 0.25) is 0 Å². The zero-order chi connectivity index (χ0) is 28.0. The minimum absolute atomic E-state index is 0.0221. The third-order valence-corrected chi connectivity index (χ3v) is 7.48. The van der Waals surface area contributed by atoms with Crippen LogP contribution in [0.4, 0.5) is 5.69 Å². The Kier molecular flexibility index (Phi) is 6.31. The predicted molar refractivity (Wildman–Crippen MR) is 144 cm³/mol. The average molecular weight is 560 g/mol. The normalized spacial score (nSPS) is 16.1. The number of aromatic nitrogens is 1. The van der Waals surface area contributed by atoms with Crippen LogP contribution in [0.3, 0.4) is 0 Å². The maximum atomic E-state index is 13.8. The number of nitro groups is 1. The molecule has 2 aromatic heterocycles. The Morgan fingerprint density at radius 3 is 2.70 bits per heavy atom. The zero-order valence-corrected chi connectivity index (χ0v) is 22.1. The van der Waals surface area contributed by atoms with E-state index in [1.165, 1.54) is 28.0 Å². The summed E-state index contributed by atoms with van der Waals surface area (Å²) in [6, 6.07) is 13.9. The summed E-state index contributed by atoms with van der Waals surface area (Å²) in [6.45, 7) is 3.69. The SMILES string of the molecule is CCOC(=O)C1=C(C)N=c2s/c(=C\c3ccc(-c4ccc([N+](=O)[O-])cc4)o3)c(=O)n2C1c1ccc2c(c1)OCO2. The van der Waals surface area contributed by atoms with Gasteiger partial charge in [-0.05, 0) is 55.8 Å². The highest BCUT2D eigenvalue weighted by molar-refractivity contribution is 7.07. The van der Waals surface area contributed by atoms with E-state index in [9.17, 15) is 19.7 Å². The number of furan rings is 1. The van der Waals surface area contributed by atoms with Gasteiger partial charge in [0.15, 0.2) is 16.3 Å². The van der Waals surface area contributed by atoms with Crippen molar-refractivity contribution in [1.29, 1.82) is 0 Å². The van der Waals surface area contributed by atoms with Gasteiger partial charge in [-0.2, -0.15) is 0 Å². The van der Waals surface area contributed by atoms with Crippen LogP contribution >= 0.6 is 11.3 Å².